The lowest BCUT2D eigenvalue weighted by Crippen LogP contribution is -2.27. The third-order valence-corrected chi connectivity index (χ3v) is 26.0. The largest absolute Gasteiger partial charge is 0.506 e. The van der Waals surface area contributed by atoms with Crippen molar-refractivity contribution in [1.29, 1.82) is 0 Å². The third kappa shape index (κ3) is 17.5. The molecule has 4 heterocycles. The molecule has 0 bridgehead atoms. The molecule has 19 rings (SSSR count). The Labute approximate surface area is 725 Å². The summed E-state index contributed by atoms with van der Waals surface area (Å²) in [7, 11) is -2.13. The molecule has 3 aliphatic heterocycles. The number of phenolic OH excluding ortho intramolecular Hbond substituents is 1. The highest BCUT2D eigenvalue weighted by atomic mass is 35.5. The van der Waals surface area contributed by atoms with Crippen LogP contribution in [0.3, 0.4) is 0 Å². The minimum absolute atomic E-state index is 0. The minimum atomic E-state index is -3.49. The monoisotopic (exact) mass is 1720 g/mol. The summed E-state index contributed by atoms with van der Waals surface area (Å²) in [6.45, 7) is 9.38. The standard InChI is InChI=1S/C26H22ClNO4.C26H22FNO4.C23H21ClN2O4S.C23H21NO4.4H2/c1-15-2-5-19(14-21(15)20-6-3-17(24(29)30)13-22(20)27)28-25(31)26(9-10-26)18-4-7-23-16(12-18)8-11-32-23;1-15-2-4-21(14-22(15)17-10-18(24(29)30)13-20(27)12-17)28-25(31)26(7-8-26)19-3-5-23-16(11-19)6-9-32-23;1-25-31(29,30)19-8-5-15(6-9-19)16-3-2-4-18(13-16)26-22(28)23(11-12-23)17-7-10-21(27)20(24)14-17;1-14-3-6-17(12-18(14)19-7-4-15(2)28-19)24-22(25)23(9-10-23)16-5-8-20-21(11-16)27-13-26-20;;;;/h2-7,12-14H,8-11H2,1H3,(H,28,31)(H,29,30);2-5,10-14H,6-9H2,1H3,(H,28,31)(H,29,30);2-10,13-14,25,27H,11-12H2,1H3,(H,26,28);3-8,11-12H,9-10,13H2,1-2H3,(H,24,25);4*1H. The number of nitrogens with one attached hydrogen (secondary N) is 5. The fraction of sp³-hybridized carbons (Fsp3) is 0.224. The first-order valence-corrected chi connectivity index (χ1v) is 42.5. The van der Waals surface area contributed by atoms with Crippen molar-refractivity contribution in [3.63, 3.8) is 0 Å². The number of aromatic hydroxyl groups is 1. The van der Waals surface area contributed by atoms with Crippen LogP contribution < -0.4 is 44.9 Å². The van der Waals surface area contributed by atoms with Crippen LogP contribution in [0, 0.1) is 33.5 Å². The highest BCUT2D eigenvalue weighted by Crippen LogP contribution is 2.55. The highest BCUT2D eigenvalue weighted by molar-refractivity contribution is 7.89. The smallest absolute Gasteiger partial charge is 0.335 e. The predicted molar refractivity (Wildman–Crippen MR) is 477 cm³/mol. The second-order valence-corrected chi connectivity index (χ2v) is 34.8. The lowest BCUT2D eigenvalue weighted by Gasteiger charge is -2.18. The summed E-state index contributed by atoms with van der Waals surface area (Å²) in [4.78, 5) is 75.4. The van der Waals surface area contributed by atoms with Crippen molar-refractivity contribution in [2.45, 2.75) is 118 Å². The molecule has 0 spiro atoms. The van der Waals surface area contributed by atoms with E-state index < -0.39 is 49.4 Å². The molecule has 21 nitrogen and oxygen atoms in total. The number of furan rings is 1. The zero-order chi connectivity index (χ0) is 86.4. The van der Waals surface area contributed by atoms with E-state index in [1.165, 1.54) is 42.9 Å². The van der Waals surface area contributed by atoms with E-state index in [2.05, 4.69) is 38.1 Å². The Morgan fingerprint density at radius 3 is 1.40 bits per heavy atom. The molecule has 634 valence electrons. The number of sulfonamides is 1. The molecule has 7 aliphatic rings. The first-order valence-electron chi connectivity index (χ1n) is 40.3. The Bertz CT molecular complexity index is 6420. The second-order valence-electron chi connectivity index (χ2n) is 32.1. The molecule has 0 radical (unpaired) electrons. The topological polar surface area (TPSA) is 307 Å². The van der Waals surface area contributed by atoms with Crippen LogP contribution in [-0.2, 0) is 63.7 Å². The third-order valence-electron chi connectivity index (χ3n) is 24.0. The van der Waals surface area contributed by atoms with Gasteiger partial charge in [-0.15, -0.1) is 0 Å². The molecule has 1 aromatic heterocycles. The van der Waals surface area contributed by atoms with Gasteiger partial charge in [0.2, 0.25) is 40.4 Å². The number of hydrogen-bond donors (Lipinski definition) is 8. The van der Waals surface area contributed by atoms with E-state index in [-0.39, 0.29) is 62.9 Å². The van der Waals surface area contributed by atoms with Crippen molar-refractivity contribution in [2.75, 3.05) is 48.3 Å². The van der Waals surface area contributed by atoms with Crippen LogP contribution >= 0.6 is 23.2 Å². The van der Waals surface area contributed by atoms with Crippen LogP contribution in [0.2, 0.25) is 10.0 Å². The van der Waals surface area contributed by atoms with Crippen LogP contribution in [-0.4, -0.2) is 86.4 Å². The summed E-state index contributed by atoms with van der Waals surface area (Å²) in [5.41, 5.74) is 14.9. The molecule has 8 N–H and O–H groups in total. The van der Waals surface area contributed by atoms with E-state index in [9.17, 15) is 56.9 Å². The molecule has 4 amide bonds. The van der Waals surface area contributed by atoms with Gasteiger partial charge in [-0.3, -0.25) is 19.2 Å². The van der Waals surface area contributed by atoms with Crippen molar-refractivity contribution in [2.24, 2.45) is 0 Å². The van der Waals surface area contributed by atoms with Crippen LogP contribution in [0.1, 0.15) is 134 Å². The molecule has 25 heteroatoms. The highest BCUT2D eigenvalue weighted by Gasteiger charge is 2.55. The Balaban J connectivity index is 0.000000152. The lowest BCUT2D eigenvalue weighted by molar-refractivity contribution is -0.119. The van der Waals surface area contributed by atoms with Crippen molar-refractivity contribution in [3.05, 3.63) is 307 Å². The molecule has 4 fully saturated rings. The summed E-state index contributed by atoms with van der Waals surface area (Å²) < 4.78 is 67.9. The molecule has 12 aromatic rings. The van der Waals surface area contributed by atoms with E-state index in [0.717, 1.165) is 164 Å². The van der Waals surface area contributed by atoms with Crippen molar-refractivity contribution >= 4 is 91.5 Å². The van der Waals surface area contributed by atoms with Crippen LogP contribution in [0.5, 0.6) is 28.7 Å². The van der Waals surface area contributed by atoms with E-state index in [1.807, 2.05) is 143 Å². The van der Waals surface area contributed by atoms with E-state index in [1.54, 1.807) is 60.7 Å². The Morgan fingerprint density at radius 2 is 0.894 bits per heavy atom. The van der Waals surface area contributed by atoms with Gasteiger partial charge in [-0.2, -0.15) is 0 Å². The average Bonchev–Trinajstić information content (AvgIpc) is 1.61. The maximum atomic E-state index is 14.0. The lowest BCUT2D eigenvalue weighted by atomic mass is 9.92. The zero-order valence-corrected chi connectivity index (χ0v) is 70.1. The second kappa shape index (κ2) is 33.7. The number of halogens is 3. The van der Waals surface area contributed by atoms with Gasteiger partial charge in [-0.1, -0.05) is 108 Å². The van der Waals surface area contributed by atoms with Gasteiger partial charge in [-0.25, -0.2) is 27.1 Å². The normalized spacial score (nSPS) is 15.5. The first-order chi connectivity index (χ1) is 59.0. The number of amides is 4. The zero-order valence-electron chi connectivity index (χ0n) is 67.7. The van der Waals surface area contributed by atoms with Crippen molar-refractivity contribution in [1.82, 2.24) is 4.72 Å². The van der Waals surface area contributed by atoms with E-state index in [0.29, 0.717) is 65.0 Å². The van der Waals surface area contributed by atoms with Gasteiger partial charge in [0, 0.05) is 57.4 Å². The predicted octanol–water partition coefficient (Wildman–Crippen LogP) is 21.0. The number of carboxylic acid groups (broad SMARTS) is 2. The molecular formula is C98H94Cl2FN5O16S. The molecule has 11 aromatic carbocycles. The molecule has 0 atom stereocenters. The minimum Gasteiger partial charge on any atom is -0.506 e. The number of carbonyl (C=O) groups excluding carboxylic acids is 4. The van der Waals surface area contributed by atoms with E-state index in [4.69, 9.17) is 46.6 Å². The van der Waals surface area contributed by atoms with E-state index >= 15 is 0 Å². The number of phenols is 1. The van der Waals surface area contributed by atoms with Gasteiger partial charge in [0.15, 0.2) is 11.5 Å². The van der Waals surface area contributed by atoms with Gasteiger partial charge >= 0.3 is 11.9 Å². The summed E-state index contributed by atoms with van der Waals surface area (Å²) in [6, 6.07) is 66.0. The summed E-state index contributed by atoms with van der Waals surface area (Å²) in [5.74, 6) is 1.88. The van der Waals surface area contributed by atoms with Gasteiger partial charge in [0.1, 0.15) is 34.6 Å². The van der Waals surface area contributed by atoms with Crippen molar-refractivity contribution in [3.8, 4) is 73.5 Å². The van der Waals surface area contributed by atoms with Gasteiger partial charge in [0.25, 0.3) is 0 Å². The van der Waals surface area contributed by atoms with Gasteiger partial charge < -0.3 is 60.0 Å². The molecule has 0 unspecified atom stereocenters. The number of carbonyl (C=O) groups is 6. The SMILES string of the molecule is CNS(=O)(=O)c1ccc(-c2cccc(NC(=O)C3(c4ccc(O)c(Cl)c4)CC3)c2)cc1.Cc1ccc(-c2cc(NC(=O)C3(c4ccc5c(c4)OCO5)CC3)ccc2C)o1.Cc1ccc(NC(=O)C2(c3ccc4c(c3)CCO4)CC2)cc1-c1cc(F)cc(C(=O)O)c1.Cc1ccc(NC(=O)C2(c3ccc4c(c3)CCO4)CC2)cc1-c1ccc(C(=O)O)cc1Cl.[HH].[HH].[HH].[HH]. The Hall–Kier alpha value is -13.1. The number of benzene rings is 11. The number of hydrogen-bond acceptors (Lipinski definition) is 14. The van der Waals surface area contributed by atoms with Crippen LogP contribution in [0.15, 0.2) is 234 Å². The summed E-state index contributed by atoms with van der Waals surface area (Å²) in [5, 5.41) is 40.9. The van der Waals surface area contributed by atoms with Crippen molar-refractivity contribution < 1.29 is 86.0 Å². The van der Waals surface area contributed by atoms with Gasteiger partial charge in [-0.05, 0) is 304 Å². The number of anilines is 4. The summed E-state index contributed by atoms with van der Waals surface area (Å²) >= 11 is 12.4. The molecule has 123 heavy (non-hydrogen) atoms. The number of fused-ring (bicyclic) bond motifs is 3. The summed E-state index contributed by atoms with van der Waals surface area (Å²) in [6.07, 6.45) is 8.01. The molecule has 4 saturated carbocycles. The number of ether oxygens (including phenoxy) is 4. The Morgan fingerprint density at radius 1 is 0.415 bits per heavy atom. The quantitative estimate of drug-likeness (QED) is 0.0352. The Kier molecular flexibility index (Phi) is 22.9. The average molecular weight is 1720 g/mol. The number of carboxylic acids is 2. The fourth-order valence-electron chi connectivity index (χ4n) is 16.1. The number of rotatable bonds is 20. The van der Waals surface area contributed by atoms with Crippen LogP contribution in [0.25, 0.3) is 44.7 Å². The maximum absolute atomic E-state index is 14.0. The van der Waals surface area contributed by atoms with Gasteiger partial charge in [0.05, 0.1) is 55.9 Å². The molecule has 0 saturated heterocycles. The fourth-order valence-corrected chi connectivity index (χ4v) is 17.3. The molecule has 4 aliphatic carbocycles. The first kappa shape index (κ1) is 83.6. The number of aryl methyl sites for hydroxylation is 4. The molecular weight excluding hydrogens is 1630 g/mol. The van der Waals surface area contributed by atoms with Crippen LogP contribution in [0.4, 0.5) is 27.1 Å². The number of aromatic carboxylic acids is 2. The maximum Gasteiger partial charge on any atom is 0.335 e.